The van der Waals surface area contributed by atoms with Crippen molar-refractivity contribution in [3.63, 3.8) is 0 Å². The lowest BCUT2D eigenvalue weighted by molar-refractivity contribution is -0.148. The summed E-state index contributed by atoms with van der Waals surface area (Å²) in [4.78, 5) is 24.7. The van der Waals surface area contributed by atoms with Gasteiger partial charge in [-0.05, 0) is 36.8 Å². The Hall–Kier alpha value is -2.71. The Labute approximate surface area is 157 Å². The number of amides is 1. The Morgan fingerprint density at radius 3 is 2.19 bits per heavy atom. The molecule has 0 aliphatic carbocycles. The number of hydrogen-bond acceptors (Lipinski definition) is 6. The summed E-state index contributed by atoms with van der Waals surface area (Å²) in [6.07, 6.45) is -0.342. The van der Waals surface area contributed by atoms with E-state index in [9.17, 15) is 23.1 Å². The van der Waals surface area contributed by atoms with Gasteiger partial charge in [-0.15, -0.1) is 0 Å². The van der Waals surface area contributed by atoms with E-state index in [0.717, 1.165) is 6.26 Å². The maximum Gasteiger partial charge on any atom is 0.331 e. The van der Waals surface area contributed by atoms with E-state index in [1.54, 1.807) is 37.3 Å². The summed E-state index contributed by atoms with van der Waals surface area (Å²) in [6.45, 7) is 1.69. The molecule has 2 N–H and O–H groups in total. The molecule has 7 nitrogen and oxygen atoms in total. The summed E-state index contributed by atoms with van der Waals surface area (Å²) >= 11 is 0. The minimum Gasteiger partial charge on any atom is -0.464 e. The first-order chi connectivity index (χ1) is 12.7. The number of nitrogens with one attached hydrogen (secondary N) is 1. The van der Waals surface area contributed by atoms with Crippen molar-refractivity contribution in [1.29, 1.82) is 0 Å². The second-order valence-electron chi connectivity index (χ2n) is 5.86. The van der Waals surface area contributed by atoms with Crippen LogP contribution in [0.5, 0.6) is 0 Å². The Bertz CT molecular complexity index is 894. The van der Waals surface area contributed by atoms with E-state index in [2.05, 4.69) is 5.32 Å². The van der Waals surface area contributed by atoms with E-state index >= 15 is 0 Å². The van der Waals surface area contributed by atoms with Crippen molar-refractivity contribution in [2.45, 2.75) is 24.0 Å². The number of rotatable bonds is 7. The minimum absolute atomic E-state index is 0.0796. The summed E-state index contributed by atoms with van der Waals surface area (Å²) in [6, 6.07) is 12.3. The van der Waals surface area contributed by atoms with Gasteiger partial charge in [-0.2, -0.15) is 0 Å². The fourth-order valence-electron chi connectivity index (χ4n) is 2.42. The molecule has 2 rings (SSSR count). The molecule has 8 heteroatoms. The highest BCUT2D eigenvalue weighted by molar-refractivity contribution is 7.90. The molecule has 0 radical (unpaired) electrons. The second-order valence-corrected chi connectivity index (χ2v) is 7.87. The van der Waals surface area contributed by atoms with E-state index in [-0.39, 0.29) is 17.1 Å². The third kappa shape index (κ3) is 5.38. The van der Waals surface area contributed by atoms with Crippen LogP contribution in [0.2, 0.25) is 0 Å². The molecule has 0 aliphatic heterocycles. The van der Waals surface area contributed by atoms with E-state index in [1.165, 1.54) is 24.3 Å². The lowest BCUT2D eigenvalue weighted by Crippen LogP contribution is -2.46. The maximum absolute atomic E-state index is 12.4. The normalized spacial score (nSPS) is 13.4. The predicted molar refractivity (Wildman–Crippen MR) is 98.8 cm³/mol. The van der Waals surface area contributed by atoms with Crippen LogP contribution in [0.1, 0.15) is 28.9 Å². The highest BCUT2D eigenvalue weighted by atomic mass is 32.2. The summed E-state index contributed by atoms with van der Waals surface area (Å²) in [7, 11) is -3.39. The molecule has 0 aromatic heterocycles. The lowest BCUT2D eigenvalue weighted by Gasteiger charge is -2.23. The molecule has 27 heavy (non-hydrogen) atoms. The SMILES string of the molecule is CCOC(=O)[C@H](NC(=O)c1ccccc1)[C@@H](O)c1ccc(S(C)(=O)=O)cc1. The van der Waals surface area contributed by atoms with Crippen molar-refractivity contribution in [1.82, 2.24) is 5.32 Å². The molecule has 0 fully saturated rings. The van der Waals surface area contributed by atoms with Crippen molar-refractivity contribution < 1.29 is 27.9 Å². The van der Waals surface area contributed by atoms with Crippen molar-refractivity contribution in [2.75, 3.05) is 12.9 Å². The quantitative estimate of drug-likeness (QED) is 0.692. The Morgan fingerprint density at radius 2 is 1.67 bits per heavy atom. The van der Waals surface area contributed by atoms with E-state index in [4.69, 9.17) is 4.74 Å². The number of sulfone groups is 1. The fourth-order valence-corrected chi connectivity index (χ4v) is 3.05. The fraction of sp³-hybridized carbons (Fsp3) is 0.263. The van der Waals surface area contributed by atoms with Gasteiger partial charge < -0.3 is 15.2 Å². The molecule has 0 saturated heterocycles. The first kappa shape index (κ1) is 20.6. The van der Waals surface area contributed by atoms with Gasteiger partial charge in [0.25, 0.3) is 5.91 Å². The van der Waals surface area contributed by atoms with Crippen LogP contribution in [-0.2, 0) is 19.4 Å². The number of carbonyl (C=O) groups is 2. The average Bonchev–Trinajstić information content (AvgIpc) is 2.65. The molecular weight excluding hydrogens is 370 g/mol. The third-order valence-electron chi connectivity index (χ3n) is 3.83. The van der Waals surface area contributed by atoms with Crippen LogP contribution < -0.4 is 5.32 Å². The van der Waals surface area contributed by atoms with Crippen LogP contribution >= 0.6 is 0 Å². The molecule has 0 aliphatic rings. The van der Waals surface area contributed by atoms with E-state index in [1.807, 2.05) is 0 Å². The first-order valence-corrected chi connectivity index (χ1v) is 10.1. The van der Waals surface area contributed by atoms with E-state index in [0.29, 0.717) is 5.56 Å². The number of hydrogen-bond donors (Lipinski definition) is 2. The second kappa shape index (κ2) is 8.79. The largest absolute Gasteiger partial charge is 0.464 e. The van der Waals surface area contributed by atoms with Crippen LogP contribution in [0.4, 0.5) is 0 Å². The molecule has 0 unspecified atom stereocenters. The maximum atomic E-state index is 12.4. The highest BCUT2D eigenvalue weighted by Crippen LogP contribution is 2.21. The van der Waals surface area contributed by atoms with Crippen LogP contribution in [-0.4, -0.2) is 44.3 Å². The van der Waals surface area contributed by atoms with Crippen LogP contribution in [0.15, 0.2) is 59.5 Å². The van der Waals surface area contributed by atoms with Gasteiger partial charge in [-0.25, -0.2) is 13.2 Å². The average molecular weight is 391 g/mol. The number of carbonyl (C=O) groups excluding carboxylic acids is 2. The van der Waals surface area contributed by atoms with E-state index < -0.39 is 33.9 Å². The predicted octanol–water partition coefficient (Wildman–Crippen LogP) is 1.49. The zero-order valence-corrected chi connectivity index (χ0v) is 15.8. The zero-order valence-electron chi connectivity index (χ0n) is 15.0. The van der Waals surface area contributed by atoms with Gasteiger partial charge in [0, 0.05) is 11.8 Å². The summed E-state index contributed by atoms with van der Waals surface area (Å²) < 4.78 is 28.1. The van der Waals surface area contributed by atoms with Crippen molar-refractivity contribution in [2.24, 2.45) is 0 Å². The van der Waals surface area contributed by atoms with Crippen molar-refractivity contribution in [3.05, 3.63) is 65.7 Å². The molecule has 0 bridgehead atoms. The smallest absolute Gasteiger partial charge is 0.331 e. The van der Waals surface area contributed by atoms with Crippen LogP contribution in [0, 0.1) is 0 Å². The van der Waals surface area contributed by atoms with Gasteiger partial charge >= 0.3 is 5.97 Å². The van der Waals surface area contributed by atoms with Gasteiger partial charge in [0.05, 0.1) is 11.5 Å². The summed E-state index contributed by atoms with van der Waals surface area (Å²) in [5.41, 5.74) is 0.597. The molecule has 2 aromatic carbocycles. The van der Waals surface area contributed by atoms with Gasteiger partial charge in [-0.1, -0.05) is 30.3 Å². The zero-order chi connectivity index (χ0) is 20.0. The molecule has 2 aromatic rings. The Kier molecular flexibility index (Phi) is 6.70. The molecule has 1 amide bonds. The van der Waals surface area contributed by atoms with Gasteiger partial charge in [-0.3, -0.25) is 4.79 Å². The molecule has 0 saturated carbocycles. The number of esters is 1. The third-order valence-corrected chi connectivity index (χ3v) is 4.96. The van der Waals surface area contributed by atoms with Gasteiger partial charge in [0.2, 0.25) is 0 Å². The van der Waals surface area contributed by atoms with Crippen molar-refractivity contribution >= 4 is 21.7 Å². The van der Waals surface area contributed by atoms with Gasteiger partial charge in [0.1, 0.15) is 6.10 Å². The number of aliphatic hydroxyl groups excluding tert-OH is 1. The van der Waals surface area contributed by atoms with Crippen LogP contribution in [0.25, 0.3) is 0 Å². The Morgan fingerprint density at radius 1 is 1.07 bits per heavy atom. The molecule has 2 atom stereocenters. The molecule has 0 heterocycles. The van der Waals surface area contributed by atoms with Gasteiger partial charge in [0.15, 0.2) is 15.9 Å². The summed E-state index contributed by atoms with van der Waals surface area (Å²) in [5.74, 6) is -1.33. The number of ether oxygens (including phenoxy) is 1. The topological polar surface area (TPSA) is 110 Å². The lowest BCUT2D eigenvalue weighted by atomic mass is 10.0. The van der Waals surface area contributed by atoms with Crippen molar-refractivity contribution in [3.8, 4) is 0 Å². The molecule has 0 spiro atoms. The Balaban J connectivity index is 2.27. The molecule has 144 valence electrons. The van der Waals surface area contributed by atoms with Crippen LogP contribution in [0.3, 0.4) is 0 Å². The first-order valence-electron chi connectivity index (χ1n) is 8.24. The highest BCUT2D eigenvalue weighted by Gasteiger charge is 2.31. The minimum atomic E-state index is -3.39. The standard InChI is InChI=1S/C19H21NO6S/c1-3-26-19(23)16(20-18(22)14-7-5-4-6-8-14)17(21)13-9-11-15(12-10-13)27(2,24)25/h4-12,16-17,21H,3H2,1-2H3,(H,20,22)/t16-,17+/m1/s1. The number of aliphatic hydroxyl groups is 1. The molecular formula is C19H21NO6S. The summed E-state index contributed by atoms with van der Waals surface area (Å²) in [5, 5.41) is 13.1. The monoisotopic (exact) mass is 391 g/mol. The number of benzene rings is 2.